The number of carbonyl (C=O) groups excluding carboxylic acids is 2. The number of fused-ring (bicyclic) bond motifs is 2. The summed E-state index contributed by atoms with van der Waals surface area (Å²) in [4.78, 5) is 30.0. The van der Waals surface area contributed by atoms with E-state index < -0.39 is 0 Å². The molecule has 3 aromatic rings. The lowest BCUT2D eigenvalue weighted by Gasteiger charge is -2.44. The summed E-state index contributed by atoms with van der Waals surface area (Å²) in [6.07, 6.45) is 2.12. The minimum Gasteiger partial charge on any atom is -0.492 e. The SMILES string of the molecule is CC(=O)N1CC2CC(c3cccc(CCOc4cccc(Cl)c4Cl)c3)=C(C(=O)N(C)CCc3ccccc3)[C@@H](C1)N2. The average molecular weight is 593 g/mol. The van der Waals surface area contributed by atoms with Gasteiger partial charge < -0.3 is 19.9 Å². The van der Waals surface area contributed by atoms with Crippen LogP contribution in [0.3, 0.4) is 0 Å². The first-order chi connectivity index (χ1) is 19.8. The number of nitrogens with one attached hydrogen (secondary N) is 1. The fraction of sp³-hybridized carbons (Fsp3) is 0.333. The summed E-state index contributed by atoms with van der Waals surface area (Å²) in [5.74, 6) is 0.600. The van der Waals surface area contributed by atoms with Gasteiger partial charge in [0.2, 0.25) is 5.91 Å². The van der Waals surface area contributed by atoms with Gasteiger partial charge >= 0.3 is 0 Å². The van der Waals surface area contributed by atoms with Crippen LogP contribution in [0.2, 0.25) is 10.0 Å². The van der Waals surface area contributed by atoms with E-state index in [-0.39, 0.29) is 23.9 Å². The van der Waals surface area contributed by atoms with Crippen LogP contribution in [0.5, 0.6) is 5.75 Å². The zero-order valence-electron chi connectivity index (χ0n) is 23.4. The smallest absolute Gasteiger partial charge is 0.251 e. The standard InChI is InChI=1S/C33H35Cl2N3O3/c1-22(39)38-20-26-19-27(25-11-6-10-24(18-25)15-17-41-30-13-7-12-28(34)32(30)35)31(29(21-38)36-26)33(40)37(2)16-14-23-8-4-3-5-9-23/h3-13,18,26,29,36H,14-17,19-21H2,1-2H3/t26?,29-/m1/s1. The molecule has 1 saturated heterocycles. The van der Waals surface area contributed by atoms with Crippen molar-refractivity contribution in [1.29, 1.82) is 0 Å². The Morgan fingerprint density at radius 1 is 0.976 bits per heavy atom. The third kappa shape index (κ3) is 6.95. The van der Waals surface area contributed by atoms with Gasteiger partial charge in [-0.3, -0.25) is 9.59 Å². The second-order valence-electron chi connectivity index (χ2n) is 10.7. The first-order valence-electron chi connectivity index (χ1n) is 14.0. The van der Waals surface area contributed by atoms with Crippen LogP contribution < -0.4 is 10.1 Å². The van der Waals surface area contributed by atoms with E-state index in [0.29, 0.717) is 54.9 Å². The number of benzene rings is 3. The van der Waals surface area contributed by atoms with Crippen molar-refractivity contribution >= 4 is 40.6 Å². The van der Waals surface area contributed by atoms with Crippen LogP contribution in [-0.4, -0.2) is 67.0 Å². The highest BCUT2D eigenvalue weighted by atomic mass is 35.5. The lowest BCUT2D eigenvalue weighted by Crippen LogP contribution is -2.61. The van der Waals surface area contributed by atoms with Gasteiger partial charge in [-0.15, -0.1) is 0 Å². The fourth-order valence-corrected chi connectivity index (χ4v) is 6.01. The maximum Gasteiger partial charge on any atom is 0.251 e. The number of hydrogen-bond donors (Lipinski definition) is 1. The van der Waals surface area contributed by atoms with E-state index in [2.05, 4.69) is 35.6 Å². The first kappa shape index (κ1) is 29.2. The molecule has 2 heterocycles. The molecule has 5 rings (SSSR count). The van der Waals surface area contributed by atoms with Gasteiger partial charge in [-0.1, -0.05) is 83.9 Å². The lowest BCUT2D eigenvalue weighted by molar-refractivity contribution is -0.132. The van der Waals surface area contributed by atoms with Crippen molar-refractivity contribution in [2.75, 3.05) is 33.3 Å². The van der Waals surface area contributed by atoms with Gasteiger partial charge in [0, 0.05) is 51.6 Å². The van der Waals surface area contributed by atoms with Gasteiger partial charge in [0.05, 0.1) is 17.7 Å². The van der Waals surface area contributed by atoms with Crippen LogP contribution in [-0.2, 0) is 22.4 Å². The minimum absolute atomic E-state index is 0.00150. The Morgan fingerprint density at radius 2 is 1.73 bits per heavy atom. The Morgan fingerprint density at radius 3 is 2.51 bits per heavy atom. The van der Waals surface area contributed by atoms with E-state index >= 15 is 0 Å². The number of ether oxygens (including phenoxy) is 1. The van der Waals surface area contributed by atoms with Crippen LogP contribution in [0.4, 0.5) is 0 Å². The molecule has 0 spiro atoms. The zero-order valence-corrected chi connectivity index (χ0v) is 24.9. The number of halogens is 2. The number of rotatable bonds is 9. The number of hydrogen-bond acceptors (Lipinski definition) is 4. The van der Waals surface area contributed by atoms with Crippen molar-refractivity contribution in [3.8, 4) is 5.75 Å². The average Bonchev–Trinajstić information content (AvgIpc) is 2.98. The summed E-state index contributed by atoms with van der Waals surface area (Å²) >= 11 is 12.4. The summed E-state index contributed by atoms with van der Waals surface area (Å²) in [5, 5.41) is 4.50. The topological polar surface area (TPSA) is 61.9 Å². The molecule has 3 aromatic carbocycles. The molecule has 1 N–H and O–H groups in total. The molecule has 214 valence electrons. The van der Waals surface area contributed by atoms with Gasteiger partial charge in [-0.25, -0.2) is 0 Å². The van der Waals surface area contributed by atoms with Crippen molar-refractivity contribution in [3.05, 3.63) is 105 Å². The predicted molar refractivity (Wildman–Crippen MR) is 164 cm³/mol. The van der Waals surface area contributed by atoms with Crippen LogP contribution in [0.25, 0.3) is 5.57 Å². The molecule has 2 atom stereocenters. The highest BCUT2D eigenvalue weighted by molar-refractivity contribution is 6.42. The van der Waals surface area contributed by atoms with Gasteiger partial charge in [0.25, 0.3) is 5.91 Å². The van der Waals surface area contributed by atoms with E-state index in [4.69, 9.17) is 27.9 Å². The second kappa shape index (κ2) is 13.1. The quantitative estimate of drug-likeness (QED) is 0.349. The second-order valence-corrected chi connectivity index (χ2v) is 11.5. The summed E-state index contributed by atoms with van der Waals surface area (Å²) < 4.78 is 5.92. The van der Waals surface area contributed by atoms with E-state index in [1.165, 1.54) is 5.56 Å². The maximum absolute atomic E-state index is 14.0. The molecule has 1 unspecified atom stereocenters. The number of piperazine rings is 1. The Hall–Kier alpha value is -3.32. The largest absolute Gasteiger partial charge is 0.492 e. The molecule has 0 aliphatic carbocycles. The van der Waals surface area contributed by atoms with E-state index in [1.807, 2.05) is 47.2 Å². The Labute approximate surface area is 251 Å². The number of likely N-dealkylation sites (N-methyl/N-ethyl adjacent to an activating group) is 1. The third-order valence-electron chi connectivity index (χ3n) is 7.85. The molecule has 41 heavy (non-hydrogen) atoms. The molecule has 1 fully saturated rings. The molecule has 2 aliphatic heterocycles. The molecule has 6 nitrogen and oxygen atoms in total. The van der Waals surface area contributed by atoms with Crippen LogP contribution >= 0.6 is 23.2 Å². The Kier molecular flexibility index (Phi) is 9.33. The molecular weight excluding hydrogens is 557 g/mol. The van der Waals surface area contributed by atoms with Gasteiger partial charge in [0.15, 0.2) is 0 Å². The molecule has 0 saturated carbocycles. The van der Waals surface area contributed by atoms with Gasteiger partial charge in [-0.05, 0) is 47.2 Å². The molecule has 0 radical (unpaired) electrons. The minimum atomic E-state index is -0.218. The first-order valence-corrected chi connectivity index (χ1v) is 14.8. The van der Waals surface area contributed by atoms with Crippen molar-refractivity contribution in [3.63, 3.8) is 0 Å². The number of amides is 2. The summed E-state index contributed by atoms with van der Waals surface area (Å²) in [5.41, 5.74) is 5.14. The molecular formula is C33H35Cl2N3O3. The summed E-state index contributed by atoms with van der Waals surface area (Å²) in [6.45, 7) is 3.76. The van der Waals surface area contributed by atoms with Gasteiger partial charge in [-0.2, -0.15) is 0 Å². The van der Waals surface area contributed by atoms with Crippen molar-refractivity contribution in [2.24, 2.45) is 0 Å². The number of carbonyl (C=O) groups is 2. The molecule has 8 heteroatoms. The molecule has 2 aliphatic rings. The molecule has 2 bridgehead atoms. The number of nitrogens with zero attached hydrogens (tertiary/aromatic N) is 2. The summed E-state index contributed by atoms with van der Waals surface area (Å²) in [7, 11) is 1.86. The summed E-state index contributed by atoms with van der Waals surface area (Å²) in [6, 6.07) is 23.7. The Bertz CT molecular complexity index is 1440. The fourth-order valence-electron chi connectivity index (χ4n) is 5.66. The Balaban J connectivity index is 1.39. The van der Waals surface area contributed by atoms with Crippen LogP contribution in [0, 0.1) is 0 Å². The van der Waals surface area contributed by atoms with Crippen molar-refractivity contribution in [2.45, 2.75) is 38.3 Å². The predicted octanol–water partition coefficient (Wildman–Crippen LogP) is 5.66. The normalized spacial score (nSPS) is 18.3. The highest BCUT2D eigenvalue weighted by Gasteiger charge is 2.39. The van der Waals surface area contributed by atoms with Crippen molar-refractivity contribution in [1.82, 2.24) is 15.1 Å². The van der Waals surface area contributed by atoms with E-state index in [9.17, 15) is 9.59 Å². The zero-order chi connectivity index (χ0) is 28.9. The lowest BCUT2D eigenvalue weighted by atomic mass is 9.82. The van der Waals surface area contributed by atoms with Crippen LogP contribution in [0.15, 0.2) is 78.4 Å². The monoisotopic (exact) mass is 591 g/mol. The molecule has 2 amide bonds. The van der Waals surface area contributed by atoms with Crippen molar-refractivity contribution < 1.29 is 14.3 Å². The van der Waals surface area contributed by atoms with Crippen LogP contribution in [0.1, 0.15) is 30.0 Å². The molecule has 0 aromatic heterocycles. The van der Waals surface area contributed by atoms with E-state index in [0.717, 1.165) is 28.7 Å². The third-order valence-corrected chi connectivity index (χ3v) is 8.65. The maximum atomic E-state index is 14.0. The van der Waals surface area contributed by atoms with Gasteiger partial charge in [0.1, 0.15) is 10.8 Å². The van der Waals surface area contributed by atoms with E-state index in [1.54, 1.807) is 19.1 Å². The highest BCUT2D eigenvalue weighted by Crippen LogP contribution is 2.35.